The number of amides is 1. The number of carbonyl (C=O) groups excluding carboxylic acids is 1. The Morgan fingerprint density at radius 3 is 2.08 bits per heavy atom. The lowest BCUT2D eigenvalue weighted by molar-refractivity contribution is -0.140. The number of hydrogen-bond donors (Lipinski definition) is 2. The van der Waals surface area contributed by atoms with Gasteiger partial charge in [0, 0.05) is 11.6 Å². The number of halogens is 10. The summed E-state index contributed by atoms with van der Waals surface area (Å²) in [5.41, 5.74) is 1.26. The highest BCUT2D eigenvalue weighted by Crippen LogP contribution is 2.42. The quantitative estimate of drug-likeness (QED) is 0.200. The van der Waals surface area contributed by atoms with Crippen molar-refractivity contribution < 1.29 is 35.5 Å². The van der Waals surface area contributed by atoms with Crippen molar-refractivity contribution in [2.45, 2.75) is 56.4 Å². The number of hydrogen-bond acceptors (Lipinski definition) is 2. The van der Waals surface area contributed by atoms with Gasteiger partial charge in [-0.3, -0.25) is 10.2 Å². The highest BCUT2D eigenvalue weighted by atomic mass is 35.5. The molecule has 2 aromatic carbocycles. The lowest BCUT2D eigenvalue weighted by Gasteiger charge is -2.23. The van der Waals surface area contributed by atoms with Crippen LogP contribution in [0.5, 0.6) is 0 Å². The molecule has 3 nitrogen and oxygen atoms in total. The summed E-state index contributed by atoms with van der Waals surface area (Å²) >= 11 is 17.3. The number of benzene rings is 2. The van der Waals surface area contributed by atoms with Gasteiger partial charge in [-0.1, -0.05) is 60.1 Å². The molecular formula is C24H20Cl3F7N2O. The fourth-order valence-electron chi connectivity index (χ4n) is 3.98. The van der Waals surface area contributed by atoms with Crippen LogP contribution in [0.1, 0.15) is 65.1 Å². The predicted molar refractivity (Wildman–Crippen MR) is 128 cm³/mol. The molecule has 0 aliphatic heterocycles. The lowest BCUT2D eigenvalue weighted by Crippen LogP contribution is -2.45. The smallest absolute Gasteiger partial charge is 0.287 e. The fourth-order valence-corrected chi connectivity index (χ4v) is 4.60. The zero-order valence-corrected chi connectivity index (χ0v) is 21.1. The third kappa shape index (κ3) is 7.52. The molecule has 1 saturated carbocycles. The molecule has 13 heteroatoms. The molecule has 202 valence electrons. The Bertz CT molecular complexity index is 1150. The molecule has 2 N–H and O–H groups in total. The Morgan fingerprint density at radius 2 is 1.54 bits per heavy atom. The highest BCUT2D eigenvalue weighted by Gasteiger charge is 2.41. The van der Waals surface area contributed by atoms with Crippen LogP contribution in [0, 0.1) is 0 Å². The van der Waals surface area contributed by atoms with E-state index in [1.807, 2.05) is 0 Å². The van der Waals surface area contributed by atoms with Crippen LogP contribution in [0.15, 0.2) is 36.4 Å². The minimum atomic E-state index is -5.09. The molecule has 2 aromatic rings. The first kappa shape index (κ1) is 29.5. The fraction of sp³-hybridized carbons (Fsp3) is 0.375. The average molecular weight is 592 g/mol. The maximum absolute atomic E-state index is 15.0. The van der Waals surface area contributed by atoms with Crippen LogP contribution in [0.25, 0.3) is 5.83 Å². The van der Waals surface area contributed by atoms with Gasteiger partial charge in [-0.25, -0.2) is 9.82 Å². The Labute approximate surface area is 222 Å². The van der Waals surface area contributed by atoms with Gasteiger partial charge in [-0.05, 0) is 48.7 Å². The normalized spacial score (nSPS) is 16.5. The Balaban J connectivity index is 1.95. The molecule has 0 heterocycles. The third-order valence-corrected chi connectivity index (χ3v) is 7.07. The van der Waals surface area contributed by atoms with Crippen molar-refractivity contribution >= 4 is 46.5 Å². The lowest BCUT2D eigenvalue weighted by atomic mass is 9.95. The molecule has 1 fully saturated rings. The van der Waals surface area contributed by atoms with Gasteiger partial charge in [0.25, 0.3) is 5.91 Å². The van der Waals surface area contributed by atoms with Gasteiger partial charge < -0.3 is 0 Å². The van der Waals surface area contributed by atoms with E-state index in [9.17, 15) is 35.5 Å². The van der Waals surface area contributed by atoms with Crippen LogP contribution < -0.4 is 10.9 Å². The van der Waals surface area contributed by atoms with Gasteiger partial charge in [0.1, 0.15) is 11.7 Å². The van der Waals surface area contributed by atoms with E-state index in [1.54, 1.807) is 0 Å². The summed E-state index contributed by atoms with van der Waals surface area (Å²) in [5.74, 6) is -5.30. The second kappa shape index (κ2) is 11.8. The molecule has 1 amide bonds. The summed E-state index contributed by atoms with van der Waals surface area (Å²) in [5, 5.41) is -0.841. The monoisotopic (exact) mass is 590 g/mol. The average Bonchev–Trinajstić information content (AvgIpc) is 2.83. The molecule has 1 atom stereocenters. The van der Waals surface area contributed by atoms with Crippen LogP contribution in [0.4, 0.5) is 30.7 Å². The Morgan fingerprint density at radius 1 is 0.946 bits per heavy atom. The zero-order chi connectivity index (χ0) is 27.5. The highest BCUT2D eigenvalue weighted by molar-refractivity contribution is 6.48. The number of alkyl halides is 6. The molecule has 1 aliphatic rings. The molecule has 1 aliphatic carbocycles. The zero-order valence-electron chi connectivity index (χ0n) is 18.8. The SMILES string of the molecule is O=C(NNC1CCCCC1)c1ccc(C(F)=CC(c2cc(Cl)c(Cl)c(Cl)c2)C(F)(F)F)cc1C(F)(F)F. The van der Waals surface area contributed by atoms with Crippen molar-refractivity contribution in [3.05, 3.63) is 73.7 Å². The van der Waals surface area contributed by atoms with Crippen LogP contribution in [-0.2, 0) is 6.18 Å². The number of rotatable bonds is 6. The summed E-state index contributed by atoms with van der Waals surface area (Å²) in [4.78, 5) is 12.5. The van der Waals surface area contributed by atoms with Crippen LogP contribution in [-0.4, -0.2) is 18.1 Å². The Kier molecular flexibility index (Phi) is 9.42. The van der Waals surface area contributed by atoms with Gasteiger partial charge in [-0.2, -0.15) is 26.3 Å². The van der Waals surface area contributed by atoms with Crippen molar-refractivity contribution in [1.82, 2.24) is 10.9 Å². The van der Waals surface area contributed by atoms with Crippen molar-refractivity contribution in [3.8, 4) is 0 Å². The van der Waals surface area contributed by atoms with E-state index in [1.165, 1.54) is 0 Å². The molecule has 0 bridgehead atoms. The van der Waals surface area contributed by atoms with Crippen molar-refractivity contribution in [2.24, 2.45) is 0 Å². The third-order valence-electron chi connectivity index (χ3n) is 5.87. The van der Waals surface area contributed by atoms with Crippen molar-refractivity contribution in [3.63, 3.8) is 0 Å². The summed E-state index contributed by atoms with van der Waals surface area (Å²) in [6.45, 7) is 0. The summed E-state index contributed by atoms with van der Waals surface area (Å²) in [6, 6.07) is 3.38. The van der Waals surface area contributed by atoms with E-state index >= 15 is 0 Å². The van der Waals surface area contributed by atoms with E-state index in [0.717, 1.165) is 50.3 Å². The number of hydrazine groups is 1. The summed E-state index contributed by atoms with van der Waals surface area (Å²) in [6.07, 6.45) is -5.70. The topological polar surface area (TPSA) is 41.1 Å². The first-order valence-corrected chi connectivity index (χ1v) is 12.2. The van der Waals surface area contributed by atoms with E-state index in [2.05, 4.69) is 10.9 Å². The largest absolute Gasteiger partial charge is 0.417 e. The van der Waals surface area contributed by atoms with E-state index in [0.29, 0.717) is 6.07 Å². The molecule has 37 heavy (non-hydrogen) atoms. The minimum Gasteiger partial charge on any atom is -0.287 e. The van der Waals surface area contributed by atoms with Crippen LogP contribution in [0.2, 0.25) is 15.1 Å². The molecule has 0 spiro atoms. The maximum atomic E-state index is 15.0. The van der Waals surface area contributed by atoms with E-state index < -0.39 is 52.3 Å². The number of carbonyl (C=O) groups is 1. The molecule has 1 unspecified atom stereocenters. The van der Waals surface area contributed by atoms with Crippen LogP contribution in [0.3, 0.4) is 0 Å². The van der Waals surface area contributed by atoms with Gasteiger partial charge in [-0.15, -0.1) is 0 Å². The molecular weight excluding hydrogens is 572 g/mol. The first-order valence-electron chi connectivity index (χ1n) is 11.0. The molecule has 0 radical (unpaired) electrons. The molecule has 3 rings (SSSR count). The van der Waals surface area contributed by atoms with Crippen LogP contribution >= 0.6 is 34.8 Å². The van der Waals surface area contributed by atoms with Crippen molar-refractivity contribution in [2.75, 3.05) is 0 Å². The van der Waals surface area contributed by atoms with Crippen molar-refractivity contribution in [1.29, 1.82) is 0 Å². The Hall–Kier alpha value is -2.01. The minimum absolute atomic E-state index is 0.0964. The van der Waals surface area contributed by atoms with E-state index in [4.69, 9.17) is 34.8 Å². The first-order chi connectivity index (χ1) is 17.2. The summed E-state index contributed by atoms with van der Waals surface area (Å²) in [7, 11) is 0. The number of nitrogens with one attached hydrogen (secondary N) is 2. The maximum Gasteiger partial charge on any atom is 0.417 e. The second-order valence-electron chi connectivity index (χ2n) is 8.52. The molecule has 0 saturated heterocycles. The van der Waals surface area contributed by atoms with E-state index in [-0.39, 0.29) is 33.3 Å². The van der Waals surface area contributed by atoms with Gasteiger partial charge in [0.2, 0.25) is 0 Å². The van der Waals surface area contributed by atoms with Gasteiger partial charge >= 0.3 is 12.4 Å². The summed E-state index contributed by atoms with van der Waals surface area (Å²) < 4.78 is 97.4. The van der Waals surface area contributed by atoms with Gasteiger partial charge in [0.05, 0.1) is 26.2 Å². The second-order valence-corrected chi connectivity index (χ2v) is 9.72. The predicted octanol–water partition coefficient (Wildman–Crippen LogP) is 8.89. The standard InChI is InChI=1S/C24H20Cl3F7N2O/c25-18-9-13(10-19(26)21(18)27)16(23(29,30)31)11-20(28)12-6-7-15(17(8-12)24(32,33)34)22(37)36-35-14-4-2-1-3-5-14/h6-11,14,16,35H,1-5H2,(H,36,37). The number of allylic oxidation sites excluding steroid dienone is 1. The van der Waals surface area contributed by atoms with Gasteiger partial charge in [0.15, 0.2) is 0 Å². The molecule has 0 aromatic heterocycles.